The van der Waals surface area contributed by atoms with Crippen LogP contribution in [0, 0.1) is 10.1 Å². The molecule has 0 bridgehead atoms. The van der Waals surface area contributed by atoms with Crippen molar-refractivity contribution in [2.75, 3.05) is 13.3 Å². The van der Waals surface area contributed by atoms with Gasteiger partial charge in [0.25, 0.3) is 15.8 Å². The molecule has 1 aromatic carbocycles. The molecule has 132 valence electrons. The van der Waals surface area contributed by atoms with Crippen LogP contribution in [0.3, 0.4) is 0 Å². The van der Waals surface area contributed by atoms with Crippen LogP contribution in [0.1, 0.15) is 18.4 Å². The first-order chi connectivity index (χ1) is 11.2. The normalized spacial score (nSPS) is 21.6. The summed E-state index contributed by atoms with van der Waals surface area (Å²) in [6.45, 7) is -0.0151. The van der Waals surface area contributed by atoms with Gasteiger partial charge in [-0.25, -0.2) is 0 Å². The molecule has 0 amide bonds. The van der Waals surface area contributed by atoms with Crippen LogP contribution >= 0.6 is 0 Å². The topological polar surface area (TPSA) is 116 Å². The summed E-state index contributed by atoms with van der Waals surface area (Å²) >= 11 is 0. The third-order valence-electron chi connectivity index (χ3n) is 3.72. The van der Waals surface area contributed by atoms with Gasteiger partial charge in [0.2, 0.25) is 0 Å². The van der Waals surface area contributed by atoms with Crippen LogP contribution in [-0.4, -0.2) is 49.8 Å². The third kappa shape index (κ3) is 4.73. The molecule has 0 aromatic heterocycles. The number of likely N-dealkylation sites (tertiary alicyclic amines) is 1. The van der Waals surface area contributed by atoms with Crippen molar-refractivity contribution in [3.8, 4) is 0 Å². The van der Waals surface area contributed by atoms with Gasteiger partial charge in [0.15, 0.2) is 0 Å². The van der Waals surface area contributed by atoms with Gasteiger partial charge in [0.1, 0.15) is 18.9 Å². The Kier molecular flexibility index (Phi) is 5.52. The zero-order valence-electron chi connectivity index (χ0n) is 13.2. The average Bonchev–Trinajstić information content (AvgIpc) is 2.84. The first kappa shape index (κ1) is 18.3. The van der Waals surface area contributed by atoms with E-state index in [2.05, 4.69) is 0 Å². The summed E-state index contributed by atoms with van der Waals surface area (Å²) < 4.78 is 32.5. The molecule has 0 N–H and O–H groups in total. The fourth-order valence-corrected chi connectivity index (χ4v) is 3.11. The monoisotopic (exact) mass is 358 g/mol. The van der Waals surface area contributed by atoms with Gasteiger partial charge in [0.05, 0.1) is 11.2 Å². The molecule has 0 radical (unpaired) electrons. The van der Waals surface area contributed by atoms with Gasteiger partial charge < -0.3 is 4.74 Å². The third-order valence-corrected chi connectivity index (χ3v) is 4.29. The molecule has 2 unspecified atom stereocenters. The molecule has 24 heavy (non-hydrogen) atoms. The summed E-state index contributed by atoms with van der Waals surface area (Å²) in [6.07, 6.45) is 1.11. The molecule has 1 aliphatic heterocycles. The highest BCUT2D eigenvalue weighted by Crippen LogP contribution is 2.25. The number of benzene rings is 1. The fourth-order valence-electron chi connectivity index (χ4n) is 2.47. The van der Waals surface area contributed by atoms with Crippen LogP contribution < -0.4 is 0 Å². The number of ether oxygens (including phenoxy) is 1. The molecular weight excluding hydrogens is 340 g/mol. The quantitative estimate of drug-likeness (QED) is 0.320. The second-order valence-electron chi connectivity index (χ2n) is 5.54. The molecule has 0 saturated carbocycles. The molecule has 2 atom stereocenters. The van der Waals surface area contributed by atoms with Crippen molar-refractivity contribution in [3.05, 3.63) is 39.9 Å². The number of hydrogen-bond donors (Lipinski definition) is 0. The van der Waals surface area contributed by atoms with E-state index in [4.69, 9.17) is 8.92 Å². The van der Waals surface area contributed by atoms with Gasteiger partial charge in [-0.1, -0.05) is 0 Å². The van der Waals surface area contributed by atoms with E-state index in [9.17, 15) is 23.3 Å². The van der Waals surface area contributed by atoms with Crippen LogP contribution in [0.25, 0.3) is 0 Å². The summed E-state index contributed by atoms with van der Waals surface area (Å²) in [7, 11) is -2.01. The average molecular weight is 358 g/mol. The molecule has 0 aliphatic carbocycles. The minimum absolute atomic E-state index is 0.0151. The second-order valence-corrected chi connectivity index (χ2v) is 7.15. The van der Waals surface area contributed by atoms with E-state index >= 15 is 0 Å². The molecule has 0 spiro atoms. The highest BCUT2D eigenvalue weighted by atomic mass is 32.2. The largest absolute Gasteiger partial charge is 0.460 e. The summed E-state index contributed by atoms with van der Waals surface area (Å²) in [6, 6.07) is 5.11. The number of likely N-dealkylation sites (N-methyl/N-ethyl adjacent to an activating group) is 1. The number of nitro groups is 1. The van der Waals surface area contributed by atoms with Crippen molar-refractivity contribution in [2.24, 2.45) is 0 Å². The minimum Gasteiger partial charge on any atom is -0.460 e. The molecule has 2 rings (SSSR count). The van der Waals surface area contributed by atoms with Crippen LogP contribution in [0.4, 0.5) is 5.69 Å². The fraction of sp³-hybridized carbons (Fsp3) is 0.500. The maximum atomic E-state index is 12.1. The first-order valence-electron chi connectivity index (χ1n) is 7.17. The Bertz CT molecular complexity index is 717. The lowest BCUT2D eigenvalue weighted by molar-refractivity contribution is -0.384. The van der Waals surface area contributed by atoms with E-state index in [0.717, 1.165) is 6.26 Å². The van der Waals surface area contributed by atoms with Crippen molar-refractivity contribution in [1.29, 1.82) is 0 Å². The molecule has 9 nitrogen and oxygen atoms in total. The highest BCUT2D eigenvalue weighted by Gasteiger charge is 2.38. The lowest BCUT2D eigenvalue weighted by Crippen LogP contribution is -2.40. The van der Waals surface area contributed by atoms with E-state index in [1.807, 2.05) is 0 Å². The summed E-state index contributed by atoms with van der Waals surface area (Å²) in [5.41, 5.74) is 0.583. The SMILES string of the molecule is CN1C(OS(C)(=O)=O)CCC1C(=O)OCc1ccc([N+](=O)[O-])cc1. The predicted octanol–water partition coefficient (Wildman–Crippen LogP) is 1.03. The van der Waals surface area contributed by atoms with Gasteiger partial charge in [-0.05, 0) is 37.6 Å². The van der Waals surface area contributed by atoms with Crippen LogP contribution in [0.2, 0.25) is 0 Å². The number of esters is 1. The summed E-state index contributed by atoms with van der Waals surface area (Å²) in [5, 5.41) is 10.6. The van der Waals surface area contributed by atoms with Crippen molar-refractivity contribution < 1.29 is 27.1 Å². The molecule has 10 heteroatoms. The molecule has 1 aromatic rings. The molecular formula is C14H18N2O7S. The van der Waals surface area contributed by atoms with Crippen LogP contribution in [0.15, 0.2) is 24.3 Å². The van der Waals surface area contributed by atoms with Gasteiger partial charge in [-0.2, -0.15) is 8.42 Å². The Labute approximate surface area is 139 Å². The second kappa shape index (κ2) is 7.24. The number of nitro benzene ring substituents is 1. The maximum Gasteiger partial charge on any atom is 0.323 e. The van der Waals surface area contributed by atoms with E-state index < -0.39 is 33.3 Å². The summed E-state index contributed by atoms with van der Waals surface area (Å²) in [5.74, 6) is -0.490. The summed E-state index contributed by atoms with van der Waals surface area (Å²) in [4.78, 5) is 23.7. The Morgan fingerprint density at radius 2 is 1.96 bits per heavy atom. The zero-order valence-corrected chi connectivity index (χ0v) is 14.1. The smallest absolute Gasteiger partial charge is 0.323 e. The van der Waals surface area contributed by atoms with Gasteiger partial charge >= 0.3 is 5.97 Å². The zero-order chi connectivity index (χ0) is 17.9. The minimum atomic E-state index is -3.60. The predicted molar refractivity (Wildman–Crippen MR) is 83.4 cm³/mol. The molecule has 1 fully saturated rings. The van der Waals surface area contributed by atoms with Crippen molar-refractivity contribution in [2.45, 2.75) is 31.7 Å². The van der Waals surface area contributed by atoms with E-state index in [1.165, 1.54) is 29.2 Å². The van der Waals surface area contributed by atoms with Crippen molar-refractivity contribution in [3.63, 3.8) is 0 Å². The highest BCUT2D eigenvalue weighted by molar-refractivity contribution is 7.86. The van der Waals surface area contributed by atoms with Crippen molar-refractivity contribution in [1.82, 2.24) is 4.90 Å². The number of hydrogen-bond acceptors (Lipinski definition) is 8. The lowest BCUT2D eigenvalue weighted by Gasteiger charge is -2.23. The maximum absolute atomic E-state index is 12.1. The standard InChI is InChI=1S/C14H18N2O7S/c1-15-12(7-8-13(15)23-24(2,20)21)14(17)22-9-10-3-5-11(6-4-10)16(18)19/h3-6,12-13H,7-9H2,1-2H3. The van der Waals surface area contributed by atoms with E-state index in [-0.39, 0.29) is 12.3 Å². The van der Waals surface area contributed by atoms with Gasteiger partial charge in [-0.3, -0.25) is 24.0 Å². The first-order valence-corrected chi connectivity index (χ1v) is 8.99. The van der Waals surface area contributed by atoms with E-state index in [0.29, 0.717) is 18.4 Å². The van der Waals surface area contributed by atoms with Crippen LogP contribution in [-0.2, 0) is 30.4 Å². The number of carbonyl (C=O) groups excluding carboxylic acids is 1. The van der Waals surface area contributed by atoms with Gasteiger partial charge in [-0.15, -0.1) is 0 Å². The Morgan fingerprint density at radius 1 is 1.33 bits per heavy atom. The molecule has 1 saturated heterocycles. The van der Waals surface area contributed by atoms with E-state index in [1.54, 1.807) is 7.05 Å². The van der Waals surface area contributed by atoms with Crippen LogP contribution in [0.5, 0.6) is 0 Å². The number of non-ortho nitro benzene ring substituents is 1. The Hall–Kier alpha value is -2.04. The van der Waals surface area contributed by atoms with Gasteiger partial charge in [0, 0.05) is 12.1 Å². The Balaban J connectivity index is 1.90. The number of nitrogens with zero attached hydrogens (tertiary/aromatic N) is 2. The number of carbonyl (C=O) groups is 1. The molecule has 1 aliphatic rings. The number of rotatable bonds is 6. The Morgan fingerprint density at radius 3 is 2.50 bits per heavy atom. The van der Waals surface area contributed by atoms with Crippen molar-refractivity contribution >= 4 is 21.8 Å². The lowest BCUT2D eigenvalue weighted by atomic mass is 10.2. The molecule has 1 heterocycles.